The van der Waals surface area contributed by atoms with Crippen molar-refractivity contribution < 1.29 is 9.30 Å². The van der Waals surface area contributed by atoms with E-state index in [1.165, 1.54) is 11.3 Å². The fourth-order valence-corrected chi connectivity index (χ4v) is 3.15. The molecule has 7 heteroatoms. The normalized spacial score (nSPS) is 10.7. The summed E-state index contributed by atoms with van der Waals surface area (Å²) < 4.78 is 9.52. The predicted molar refractivity (Wildman–Crippen MR) is 80.7 cm³/mol. The Kier molecular flexibility index (Phi) is 3.78. The van der Waals surface area contributed by atoms with Crippen LogP contribution in [0.4, 0.5) is 0 Å². The maximum Gasteiger partial charge on any atom is 0.469 e. The van der Waals surface area contributed by atoms with E-state index >= 15 is 0 Å². The van der Waals surface area contributed by atoms with E-state index in [0.717, 1.165) is 16.2 Å². The summed E-state index contributed by atoms with van der Waals surface area (Å²) in [5.41, 5.74) is 1.90. The second-order valence-electron chi connectivity index (χ2n) is 4.32. The summed E-state index contributed by atoms with van der Waals surface area (Å²) >= 11 is 7.34. The van der Waals surface area contributed by atoms with Crippen LogP contribution in [0.3, 0.4) is 0 Å². The smallest absolute Gasteiger partial charge is 0.442 e. The highest BCUT2D eigenvalue weighted by Gasteiger charge is 2.22. The Bertz CT molecular complexity index is 833. The van der Waals surface area contributed by atoms with Gasteiger partial charge in [0.05, 0.1) is 12.2 Å². The zero-order valence-electron chi connectivity index (χ0n) is 11.3. The van der Waals surface area contributed by atoms with Crippen LogP contribution in [0.15, 0.2) is 24.4 Å². The number of fused-ring (bicyclic) bond motifs is 1. The van der Waals surface area contributed by atoms with Crippen molar-refractivity contribution in [3.63, 3.8) is 0 Å². The summed E-state index contributed by atoms with van der Waals surface area (Å²) in [6.45, 7) is 0.405. The van der Waals surface area contributed by atoms with Gasteiger partial charge < -0.3 is 4.74 Å². The van der Waals surface area contributed by atoms with Gasteiger partial charge in [0.25, 0.3) is 5.65 Å². The van der Waals surface area contributed by atoms with Crippen molar-refractivity contribution in [1.29, 1.82) is 0 Å². The first-order valence-electron chi connectivity index (χ1n) is 6.21. The monoisotopic (exact) mass is 319 g/mol. The van der Waals surface area contributed by atoms with Crippen LogP contribution in [-0.2, 0) is 13.0 Å². The van der Waals surface area contributed by atoms with Gasteiger partial charge in [0.15, 0.2) is 4.47 Å². The Labute approximate surface area is 130 Å². The SMILES string of the molecule is C#CC[n+]1c(OC)nn2c(Cc3cnc(Cl)s3)cccc21. The van der Waals surface area contributed by atoms with Crippen LogP contribution in [-0.4, -0.2) is 21.7 Å². The molecule has 0 bridgehead atoms. The van der Waals surface area contributed by atoms with Gasteiger partial charge in [-0.1, -0.05) is 28.1 Å². The minimum absolute atomic E-state index is 0.405. The van der Waals surface area contributed by atoms with Crippen molar-refractivity contribution >= 4 is 28.6 Å². The van der Waals surface area contributed by atoms with E-state index in [1.54, 1.807) is 13.3 Å². The first kappa shape index (κ1) is 13.9. The molecule has 0 saturated heterocycles. The number of terminal acetylenes is 1. The lowest BCUT2D eigenvalue weighted by molar-refractivity contribution is -0.665. The van der Waals surface area contributed by atoms with E-state index < -0.39 is 0 Å². The first-order chi connectivity index (χ1) is 10.2. The summed E-state index contributed by atoms with van der Waals surface area (Å²) in [5, 5.41) is 4.47. The van der Waals surface area contributed by atoms with Crippen molar-refractivity contribution in [3.05, 3.63) is 39.4 Å². The number of hydrogen-bond donors (Lipinski definition) is 0. The van der Waals surface area contributed by atoms with E-state index in [0.29, 0.717) is 23.4 Å². The molecule has 21 heavy (non-hydrogen) atoms. The molecule has 0 N–H and O–H groups in total. The third kappa shape index (κ3) is 2.58. The molecule has 0 saturated carbocycles. The maximum absolute atomic E-state index is 5.88. The van der Waals surface area contributed by atoms with Crippen LogP contribution in [0.25, 0.3) is 5.65 Å². The number of thiazole rings is 1. The Hall–Kier alpha value is -2.10. The molecule has 0 unspecified atom stereocenters. The van der Waals surface area contributed by atoms with Crippen molar-refractivity contribution in [2.24, 2.45) is 0 Å². The first-order valence-corrected chi connectivity index (χ1v) is 7.40. The lowest BCUT2D eigenvalue weighted by atomic mass is 10.2. The van der Waals surface area contributed by atoms with Gasteiger partial charge in [-0.25, -0.2) is 4.98 Å². The Morgan fingerprint density at radius 3 is 3.05 bits per heavy atom. The van der Waals surface area contributed by atoms with Crippen molar-refractivity contribution in [2.75, 3.05) is 7.11 Å². The van der Waals surface area contributed by atoms with E-state index in [4.69, 9.17) is 22.8 Å². The number of hydrogen-bond acceptors (Lipinski definition) is 4. The predicted octanol–water partition coefficient (Wildman–Crippen LogP) is 1.96. The Morgan fingerprint density at radius 1 is 1.52 bits per heavy atom. The number of ether oxygens (including phenoxy) is 1. The van der Waals surface area contributed by atoms with E-state index in [9.17, 15) is 0 Å². The highest BCUT2D eigenvalue weighted by Crippen LogP contribution is 2.21. The molecule has 0 radical (unpaired) electrons. The second kappa shape index (κ2) is 5.72. The highest BCUT2D eigenvalue weighted by atomic mass is 35.5. The molecule has 0 aliphatic heterocycles. The van der Waals surface area contributed by atoms with Gasteiger partial charge >= 0.3 is 6.01 Å². The molecule has 5 nitrogen and oxygen atoms in total. The van der Waals surface area contributed by atoms with Crippen LogP contribution < -0.4 is 9.30 Å². The van der Waals surface area contributed by atoms with Gasteiger partial charge in [-0.15, -0.1) is 17.8 Å². The minimum Gasteiger partial charge on any atom is -0.442 e. The molecule has 0 aromatic carbocycles. The number of nitrogens with zero attached hydrogens (tertiary/aromatic N) is 4. The van der Waals surface area contributed by atoms with Gasteiger partial charge in [-0.2, -0.15) is 4.57 Å². The van der Waals surface area contributed by atoms with Crippen LogP contribution in [0.1, 0.15) is 10.6 Å². The molecule has 0 aliphatic rings. The van der Waals surface area contributed by atoms with Gasteiger partial charge in [0.1, 0.15) is 12.2 Å². The molecular formula is C14H12ClN4OS+. The van der Waals surface area contributed by atoms with Gasteiger partial charge in [0.2, 0.25) is 0 Å². The summed E-state index contributed by atoms with van der Waals surface area (Å²) in [6.07, 6.45) is 7.89. The third-order valence-electron chi connectivity index (χ3n) is 3.03. The molecule has 3 aromatic heterocycles. The van der Waals surface area contributed by atoms with Crippen molar-refractivity contribution in [1.82, 2.24) is 14.6 Å². The lowest BCUT2D eigenvalue weighted by Crippen LogP contribution is -2.33. The fraction of sp³-hybridized carbons (Fsp3) is 0.214. The Balaban J connectivity index is 2.09. The van der Waals surface area contributed by atoms with E-state index in [2.05, 4.69) is 16.0 Å². The number of methoxy groups -OCH3 is 1. The quantitative estimate of drug-likeness (QED) is 0.545. The van der Waals surface area contributed by atoms with Crippen molar-refractivity contribution in [3.8, 4) is 18.4 Å². The Morgan fingerprint density at radius 2 is 2.38 bits per heavy atom. The molecule has 0 amide bonds. The molecule has 106 valence electrons. The lowest BCUT2D eigenvalue weighted by Gasteiger charge is -1.97. The number of halogens is 1. The van der Waals surface area contributed by atoms with Gasteiger partial charge in [0, 0.05) is 23.6 Å². The second-order valence-corrected chi connectivity index (χ2v) is 6.02. The van der Waals surface area contributed by atoms with Crippen LogP contribution in [0.2, 0.25) is 4.47 Å². The zero-order chi connectivity index (χ0) is 14.8. The van der Waals surface area contributed by atoms with E-state index in [1.807, 2.05) is 27.3 Å². The van der Waals surface area contributed by atoms with Gasteiger partial charge in [-0.3, -0.25) is 0 Å². The molecule has 0 aliphatic carbocycles. The zero-order valence-corrected chi connectivity index (χ0v) is 12.9. The molecule has 3 rings (SSSR count). The largest absolute Gasteiger partial charge is 0.469 e. The number of aromatic nitrogens is 4. The highest BCUT2D eigenvalue weighted by molar-refractivity contribution is 7.15. The van der Waals surface area contributed by atoms with Crippen molar-refractivity contribution in [2.45, 2.75) is 13.0 Å². The topological polar surface area (TPSA) is 43.3 Å². The van der Waals surface area contributed by atoms with Gasteiger partial charge in [-0.05, 0) is 6.07 Å². The summed E-state index contributed by atoms with van der Waals surface area (Å²) in [5.74, 6) is 2.61. The molecule has 0 atom stereocenters. The third-order valence-corrected chi connectivity index (χ3v) is 4.14. The molecular weight excluding hydrogens is 308 g/mol. The fourth-order valence-electron chi connectivity index (χ4n) is 2.16. The molecule has 0 fully saturated rings. The van der Waals surface area contributed by atoms with Crippen LogP contribution >= 0.6 is 22.9 Å². The standard InChI is InChI=1S/C14H12ClN4OS/c1-3-7-18-12-6-4-5-10(19(12)17-14(18)20-2)8-11-9-16-13(15)21-11/h1,4-6,9H,7-8H2,2H3/q+1. The summed E-state index contributed by atoms with van der Waals surface area (Å²) in [7, 11) is 1.58. The molecule has 3 aromatic rings. The van der Waals surface area contributed by atoms with E-state index in [-0.39, 0.29) is 0 Å². The van der Waals surface area contributed by atoms with Crippen LogP contribution in [0.5, 0.6) is 6.01 Å². The average Bonchev–Trinajstić information content (AvgIpc) is 3.04. The summed E-state index contributed by atoms with van der Waals surface area (Å²) in [6, 6.07) is 6.42. The summed E-state index contributed by atoms with van der Waals surface area (Å²) in [4.78, 5) is 5.13. The number of rotatable bonds is 4. The molecule has 3 heterocycles. The average molecular weight is 320 g/mol. The maximum atomic E-state index is 5.88. The molecule has 0 spiro atoms. The van der Waals surface area contributed by atoms with Crippen LogP contribution in [0, 0.1) is 12.3 Å². The number of pyridine rings is 1. The minimum atomic E-state index is 0.405.